The highest BCUT2D eigenvalue weighted by atomic mass is 35.5. The smallest absolute Gasteiger partial charge is 0.230 e. The van der Waals surface area contributed by atoms with Crippen molar-refractivity contribution in [2.45, 2.75) is 32.1 Å². The van der Waals surface area contributed by atoms with Gasteiger partial charge in [-0.15, -0.1) is 11.6 Å². The Morgan fingerprint density at radius 3 is 2.67 bits per heavy atom. The number of amides is 1. The van der Waals surface area contributed by atoms with Crippen LogP contribution in [0.25, 0.3) is 0 Å². The van der Waals surface area contributed by atoms with E-state index in [0.29, 0.717) is 24.5 Å². The zero-order chi connectivity index (χ0) is 13.6. The van der Waals surface area contributed by atoms with Gasteiger partial charge in [0.15, 0.2) is 0 Å². The van der Waals surface area contributed by atoms with Gasteiger partial charge < -0.3 is 11.1 Å². The largest absolute Gasteiger partial charge is 0.398 e. The summed E-state index contributed by atoms with van der Waals surface area (Å²) in [6, 6.07) is 7.47. The van der Waals surface area contributed by atoms with E-state index in [4.69, 9.17) is 17.3 Å². The van der Waals surface area contributed by atoms with E-state index in [1.165, 1.54) is 0 Å². The molecule has 18 heavy (non-hydrogen) atoms. The first-order valence-corrected chi connectivity index (χ1v) is 6.79. The average Bonchev–Trinajstić information content (AvgIpc) is 2.36. The van der Waals surface area contributed by atoms with Gasteiger partial charge in [-0.1, -0.05) is 25.1 Å². The molecule has 0 aliphatic rings. The zero-order valence-electron chi connectivity index (χ0n) is 11.0. The van der Waals surface area contributed by atoms with Crippen molar-refractivity contribution < 1.29 is 4.79 Å². The minimum atomic E-state index is -0.664. The molecular formula is C14H21ClN2O. The molecule has 0 radical (unpaired) electrons. The van der Waals surface area contributed by atoms with Crippen LogP contribution in [0.3, 0.4) is 0 Å². The molecule has 0 aliphatic heterocycles. The van der Waals surface area contributed by atoms with Crippen molar-refractivity contribution in [3.63, 3.8) is 0 Å². The molecule has 0 heterocycles. The van der Waals surface area contributed by atoms with Crippen LogP contribution in [0.2, 0.25) is 0 Å². The maximum atomic E-state index is 12.3. The fourth-order valence-corrected chi connectivity index (χ4v) is 2.37. The van der Waals surface area contributed by atoms with Crippen molar-refractivity contribution in [1.29, 1.82) is 0 Å². The van der Waals surface area contributed by atoms with Gasteiger partial charge >= 0.3 is 0 Å². The Bertz CT molecular complexity index is 409. The van der Waals surface area contributed by atoms with Gasteiger partial charge in [0.2, 0.25) is 5.91 Å². The zero-order valence-corrected chi connectivity index (χ0v) is 11.8. The Labute approximate surface area is 114 Å². The summed E-state index contributed by atoms with van der Waals surface area (Å²) in [5.74, 6) is 0.410. The summed E-state index contributed by atoms with van der Waals surface area (Å²) in [6.45, 7) is 4.59. The Morgan fingerprint density at radius 1 is 1.44 bits per heavy atom. The molecule has 3 nitrogen and oxygen atoms in total. The van der Waals surface area contributed by atoms with E-state index in [2.05, 4.69) is 5.32 Å². The molecule has 0 fully saturated rings. The van der Waals surface area contributed by atoms with Crippen molar-refractivity contribution in [2.24, 2.45) is 0 Å². The van der Waals surface area contributed by atoms with Gasteiger partial charge in [0, 0.05) is 18.1 Å². The van der Waals surface area contributed by atoms with Gasteiger partial charge in [-0.05, 0) is 31.4 Å². The van der Waals surface area contributed by atoms with Crippen LogP contribution in [0.1, 0.15) is 32.3 Å². The molecule has 4 heteroatoms. The van der Waals surface area contributed by atoms with Crippen molar-refractivity contribution in [1.82, 2.24) is 5.32 Å². The monoisotopic (exact) mass is 268 g/mol. The molecule has 0 aromatic heterocycles. The average molecular weight is 269 g/mol. The molecule has 1 amide bonds. The molecule has 1 rings (SSSR count). The van der Waals surface area contributed by atoms with Gasteiger partial charge in [0.05, 0.1) is 5.41 Å². The fourth-order valence-electron chi connectivity index (χ4n) is 1.99. The molecule has 0 saturated carbocycles. The summed E-state index contributed by atoms with van der Waals surface area (Å²) in [6.07, 6.45) is 1.48. The molecule has 1 aromatic carbocycles. The van der Waals surface area contributed by atoms with E-state index >= 15 is 0 Å². The number of para-hydroxylation sites is 1. The first kappa shape index (κ1) is 14.8. The molecule has 0 spiro atoms. The van der Waals surface area contributed by atoms with E-state index in [0.717, 1.165) is 12.0 Å². The number of alkyl halides is 1. The van der Waals surface area contributed by atoms with Crippen molar-refractivity contribution in [3.8, 4) is 0 Å². The number of benzene rings is 1. The summed E-state index contributed by atoms with van der Waals surface area (Å²) in [5, 5.41) is 2.93. The van der Waals surface area contributed by atoms with Crippen LogP contribution < -0.4 is 11.1 Å². The van der Waals surface area contributed by atoms with E-state index in [1.54, 1.807) is 0 Å². The Morgan fingerprint density at radius 2 is 2.11 bits per heavy atom. The Kier molecular flexibility index (Phi) is 5.48. The van der Waals surface area contributed by atoms with Crippen LogP contribution in [0.15, 0.2) is 24.3 Å². The predicted octanol–water partition coefficient (Wildman–Crippen LogP) is 2.68. The minimum Gasteiger partial charge on any atom is -0.398 e. The third-order valence-electron chi connectivity index (χ3n) is 3.19. The number of rotatable bonds is 6. The molecule has 1 atom stereocenters. The van der Waals surface area contributed by atoms with E-state index in [1.807, 2.05) is 38.1 Å². The number of anilines is 1. The second-order valence-electron chi connectivity index (χ2n) is 4.61. The number of nitrogen functional groups attached to an aromatic ring is 1. The first-order valence-electron chi connectivity index (χ1n) is 6.25. The number of hydrogen-bond acceptors (Lipinski definition) is 2. The lowest BCUT2D eigenvalue weighted by atomic mass is 9.78. The van der Waals surface area contributed by atoms with Crippen LogP contribution in [-0.2, 0) is 10.2 Å². The summed E-state index contributed by atoms with van der Waals surface area (Å²) >= 11 is 5.85. The maximum Gasteiger partial charge on any atom is 0.230 e. The van der Waals surface area contributed by atoms with Gasteiger partial charge in [-0.3, -0.25) is 4.79 Å². The number of nitrogens with one attached hydrogen (secondary N) is 1. The summed E-state index contributed by atoms with van der Waals surface area (Å²) in [7, 11) is 0. The molecule has 0 bridgehead atoms. The van der Waals surface area contributed by atoms with Gasteiger partial charge in [-0.2, -0.15) is 0 Å². The van der Waals surface area contributed by atoms with Gasteiger partial charge in [0.25, 0.3) is 0 Å². The van der Waals surface area contributed by atoms with Crippen LogP contribution in [0, 0.1) is 0 Å². The Hall–Kier alpha value is -1.22. The summed E-state index contributed by atoms with van der Waals surface area (Å²) in [4.78, 5) is 12.3. The third-order valence-corrected chi connectivity index (χ3v) is 3.38. The highest BCUT2D eigenvalue weighted by Gasteiger charge is 2.35. The van der Waals surface area contributed by atoms with Crippen molar-refractivity contribution >= 4 is 23.2 Å². The molecule has 1 unspecified atom stereocenters. The fraction of sp³-hybridized carbons (Fsp3) is 0.500. The quantitative estimate of drug-likeness (QED) is 0.616. The molecule has 100 valence electrons. The van der Waals surface area contributed by atoms with Crippen LogP contribution in [-0.4, -0.2) is 18.3 Å². The maximum absolute atomic E-state index is 12.3. The normalized spacial score (nSPS) is 13.9. The lowest BCUT2D eigenvalue weighted by Crippen LogP contribution is -2.43. The molecular weight excluding hydrogens is 248 g/mol. The van der Waals surface area contributed by atoms with E-state index in [9.17, 15) is 4.79 Å². The number of hydrogen-bond donors (Lipinski definition) is 2. The number of halogens is 1. The highest BCUT2D eigenvalue weighted by Crippen LogP contribution is 2.32. The lowest BCUT2D eigenvalue weighted by Gasteiger charge is -2.29. The van der Waals surface area contributed by atoms with Crippen LogP contribution in [0.5, 0.6) is 0 Å². The second-order valence-corrected chi connectivity index (χ2v) is 4.99. The third kappa shape index (κ3) is 3.16. The van der Waals surface area contributed by atoms with E-state index in [-0.39, 0.29) is 5.91 Å². The Balaban J connectivity index is 3.07. The predicted molar refractivity (Wildman–Crippen MR) is 76.8 cm³/mol. The number of nitrogens with two attached hydrogens (primary N) is 1. The SMILES string of the molecule is CCCNC(=O)C(C)(CCCl)c1ccccc1N. The standard InChI is InChI=1S/C14H21ClN2O/c1-3-10-17-13(18)14(2,8-9-15)11-6-4-5-7-12(11)16/h4-7H,3,8-10,16H2,1-2H3,(H,17,18). The minimum absolute atomic E-state index is 0.0112. The van der Waals surface area contributed by atoms with Crippen LogP contribution >= 0.6 is 11.6 Å². The summed E-state index contributed by atoms with van der Waals surface area (Å²) < 4.78 is 0. The van der Waals surface area contributed by atoms with Crippen LogP contribution in [0.4, 0.5) is 5.69 Å². The summed E-state index contributed by atoms with van der Waals surface area (Å²) in [5.41, 5.74) is 6.80. The van der Waals surface area contributed by atoms with Gasteiger partial charge in [0.1, 0.15) is 0 Å². The topological polar surface area (TPSA) is 55.1 Å². The highest BCUT2D eigenvalue weighted by molar-refractivity contribution is 6.18. The molecule has 3 N–H and O–H groups in total. The molecule has 0 aliphatic carbocycles. The van der Waals surface area contributed by atoms with Gasteiger partial charge in [-0.25, -0.2) is 0 Å². The number of carbonyl (C=O) groups is 1. The van der Waals surface area contributed by atoms with E-state index < -0.39 is 5.41 Å². The number of carbonyl (C=O) groups excluding carboxylic acids is 1. The first-order chi connectivity index (χ1) is 8.56. The second kappa shape index (κ2) is 6.64. The van der Waals surface area contributed by atoms with Crippen molar-refractivity contribution in [2.75, 3.05) is 18.2 Å². The molecule has 0 saturated heterocycles. The lowest BCUT2D eigenvalue weighted by molar-refractivity contribution is -0.126. The molecule has 1 aromatic rings. The van der Waals surface area contributed by atoms with Crippen molar-refractivity contribution in [3.05, 3.63) is 29.8 Å².